The minimum atomic E-state index is -2.96. The van der Waals surface area contributed by atoms with Gasteiger partial charge in [-0.2, -0.15) is 13.9 Å². The molecule has 416 valence electrons. The Labute approximate surface area is 446 Å². The number of carbonyl (C=O) groups excluding carboxylic acids is 4. The van der Waals surface area contributed by atoms with Gasteiger partial charge in [0.25, 0.3) is 0 Å². The Morgan fingerprint density at radius 1 is 0.857 bits per heavy atom. The summed E-state index contributed by atoms with van der Waals surface area (Å²) in [4.78, 5) is 68.6. The van der Waals surface area contributed by atoms with Gasteiger partial charge >= 0.3 is 18.6 Å². The number of alkyl carbamates (subject to hydrolysis) is 1. The van der Waals surface area contributed by atoms with E-state index in [1.54, 1.807) is 78.2 Å². The number of benzene rings is 2. The third-order valence-electron chi connectivity index (χ3n) is 14.4. The van der Waals surface area contributed by atoms with Crippen LogP contribution in [0.5, 0.6) is 0 Å². The van der Waals surface area contributed by atoms with E-state index >= 15 is 8.78 Å². The van der Waals surface area contributed by atoms with Crippen molar-refractivity contribution in [1.82, 2.24) is 45.5 Å². The van der Waals surface area contributed by atoms with E-state index < -0.39 is 77.0 Å². The van der Waals surface area contributed by atoms with Crippen LogP contribution in [0.4, 0.5) is 28.3 Å². The van der Waals surface area contributed by atoms with Crippen molar-refractivity contribution in [2.24, 2.45) is 16.7 Å². The molecule has 3 amide bonds. The summed E-state index contributed by atoms with van der Waals surface area (Å²) in [5, 5.41) is 24.2. The van der Waals surface area contributed by atoms with Crippen LogP contribution in [0.1, 0.15) is 89.6 Å². The second-order valence-electron chi connectivity index (χ2n) is 22.1. The van der Waals surface area contributed by atoms with E-state index in [0.29, 0.717) is 45.4 Å². The number of methoxy groups -OCH3 is 2. The quantitative estimate of drug-likeness (QED) is 0.0376. The van der Waals surface area contributed by atoms with Crippen molar-refractivity contribution in [1.29, 1.82) is 0 Å². The van der Waals surface area contributed by atoms with Crippen molar-refractivity contribution >= 4 is 29.8 Å². The minimum Gasteiger partial charge on any atom is -0.469 e. The van der Waals surface area contributed by atoms with Gasteiger partial charge in [0, 0.05) is 73.5 Å². The number of ether oxygens (including phenoxy) is 3. The molecule has 0 saturated carbocycles. The average Bonchev–Trinajstić information content (AvgIpc) is 3.97. The van der Waals surface area contributed by atoms with Gasteiger partial charge in [0.15, 0.2) is 0 Å². The van der Waals surface area contributed by atoms with Crippen molar-refractivity contribution in [2.45, 2.75) is 117 Å². The van der Waals surface area contributed by atoms with Gasteiger partial charge in [-0.3, -0.25) is 24.2 Å². The smallest absolute Gasteiger partial charge is 0.407 e. The fourth-order valence-corrected chi connectivity index (χ4v) is 10.0. The van der Waals surface area contributed by atoms with Crippen LogP contribution in [0.15, 0.2) is 61.1 Å². The van der Waals surface area contributed by atoms with Crippen LogP contribution in [0.3, 0.4) is 0 Å². The molecule has 3 saturated heterocycles. The predicted octanol–water partition coefficient (Wildman–Crippen LogP) is 5.47. The number of hydrogen-bond donors (Lipinski definition) is 4. The zero-order valence-electron chi connectivity index (χ0n) is 44.8. The fraction of sp³-hybridized carbons (Fsp3) is 0.545. The molecule has 4 N–H and O–H groups in total. The molecule has 3 fully saturated rings. The van der Waals surface area contributed by atoms with Gasteiger partial charge in [-0.25, -0.2) is 28.2 Å². The molecule has 3 aliphatic heterocycles. The highest BCUT2D eigenvalue weighted by Crippen LogP contribution is 2.35. The lowest BCUT2D eigenvalue weighted by Crippen LogP contribution is -2.62. The number of aliphatic hydroxyl groups excluding tert-OH is 1. The van der Waals surface area contributed by atoms with E-state index in [1.165, 1.54) is 25.2 Å². The Bertz CT molecular complexity index is 2720. The number of nitrogens with zero attached hydrogens (tertiary/aromatic N) is 7. The maximum Gasteiger partial charge on any atom is 0.407 e. The molecule has 0 spiro atoms. The molecule has 2 aromatic heterocycles. The summed E-state index contributed by atoms with van der Waals surface area (Å²) in [5.41, 5.74) is -0.0673. The summed E-state index contributed by atoms with van der Waals surface area (Å²) in [5.74, 6) is 2.36. The second kappa shape index (κ2) is 25.2. The summed E-state index contributed by atoms with van der Waals surface area (Å²) in [6, 6.07) is 9.58. The number of alkyl halides is 2. The molecule has 2 aromatic carbocycles. The lowest BCUT2D eigenvalue weighted by molar-refractivity contribution is -0.146. The number of halogens is 4. The third kappa shape index (κ3) is 15.1. The van der Waals surface area contributed by atoms with Crippen molar-refractivity contribution in [3.8, 4) is 23.1 Å². The topological polar surface area (TPSA) is 206 Å². The lowest BCUT2D eigenvalue weighted by Gasteiger charge is -2.47. The Morgan fingerprint density at radius 2 is 1.49 bits per heavy atom. The van der Waals surface area contributed by atoms with Crippen molar-refractivity contribution in [2.75, 3.05) is 65.2 Å². The molecule has 3 aliphatic rings. The Kier molecular flexibility index (Phi) is 19.0. The van der Waals surface area contributed by atoms with Gasteiger partial charge in [0.2, 0.25) is 17.8 Å². The lowest BCUT2D eigenvalue weighted by atomic mass is 9.78. The number of rotatable bonds is 20. The van der Waals surface area contributed by atoms with E-state index in [0.717, 1.165) is 57.5 Å². The number of carbonyl (C=O) groups is 4. The van der Waals surface area contributed by atoms with Crippen LogP contribution >= 0.6 is 0 Å². The maximum absolute atomic E-state index is 15.8. The first kappa shape index (κ1) is 58.0. The number of aromatic nitrogens is 4. The molecule has 0 aliphatic carbocycles. The highest BCUT2D eigenvalue weighted by atomic mass is 19.3. The van der Waals surface area contributed by atoms with E-state index in [1.807, 2.05) is 0 Å². The molecule has 18 nitrogen and oxygen atoms in total. The molecule has 6 atom stereocenters. The minimum absolute atomic E-state index is 0.0485. The Balaban J connectivity index is 1.10. The number of amides is 3. The molecule has 2 bridgehead atoms. The number of piperazine rings is 1. The second-order valence-corrected chi connectivity index (χ2v) is 22.1. The molecule has 7 rings (SSSR count). The SMILES string of the molecule is COC(=O)C[C@H](C(=O)NCN(CCc1c(F)cc(-c2ccn(C(F)F)n2)cc1F)C[C@H](O)[C@H](Cc1ccc(C#Cc2cnc(N3CC4CCC(C3)N4C3COC3)nc2)cc1)NC(=O)[C@@H](NC(=O)OC)C(C)(C)C)C(C)(C)C. The molecular formula is C55H70F4N10O8. The Morgan fingerprint density at radius 3 is 2.04 bits per heavy atom. The van der Waals surface area contributed by atoms with Crippen molar-refractivity contribution in [3.63, 3.8) is 0 Å². The number of esters is 1. The molecular weight excluding hydrogens is 1000 g/mol. The average molecular weight is 1080 g/mol. The largest absolute Gasteiger partial charge is 0.469 e. The highest BCUT2D eigenvalue weighted by Gasteiger charge is 2.46. The number of anilines is 1. The van der Waals surface area contributed by atoms with Gasteiger partial charge in [-0.1, -0.05) is 65.5 Å². The van der Waals surface area contributed by atoms with Crippen molar-refractivity contribution < 1.29 is 56.1 Å². The molecule has 77 heavy (non-hydrogen) atoms. The zero-order chi connectivity index (χ0) is 55.8. The first-order valence-corrected chi connectivity index (χ1v) is 25.8. The van der Waals surface area contributed by atoms with E-state index in [2.05, 4.69) is 52.7 Å². The predicted molar refractivity (Wildman–Crippen MR) is 277 cm³/mol. The highest BCUT2D eigenvalue weighted by molar-refractivity contribution is 5.87. The Hall–Kier alpha value is -6.67. The van der Waals surface area contributed by atoms with Gasteiger partial charge in [-0.15, -0.1) is 0 Å². The number of nitrogens with one attached hydrogen (secondary N) is 3. The first-order chi connectivity index (χ1) is 36.5. The van der Waals surface area contributed by atoms with Crippen LogP contribution in [0, 0.1) is 40.2 Å². The van der Waals surface area contributed by atoms with Crippen LogP contribution in [-0.4, -0.2) is 155 Å². The van der Waals surface area contributed by atoms with Gasteiger partial charge in [-0.05, 0) is 72.4 Å². The van der Waals surface area contributed by atoms with Crippen LogP contribution < -0.4 is 20.9 Å². The summed E-state index contributed by atoms with van der Waals surface area (Å²) in [7, 11) is 2.38. The first-order valence-electron chi connectivity index (χ1n) is 25.8. The molecule has 22 heteroatoms. The van der Waals surface area contributed by atoms with E-state index in [9.17, 15) is 33.1 Å². The summed E-state index contributed by atoms with van der Waals surface area (Å²) in [6.07, 6.45) is 3.96. The maximum atomic E-state index is 15.8. The summed E-state index contributed by atoms with van der Waals surface area (Å²) < 4.78 is 73.5. The van der Waals surface area contributed by atoms with Crippen LogP contribution in [0.25, 0.3) is 11.3 Å². The molecule has 2 unspecified atom stereocenters. The van der Waals surface area contributed by atoms with Gasteiger partial charge in [0.05, 0.1) is 75.9 Å². The monoisotopic (exact) mass is 1070 g/mol. The van der Waals surface area contributed by atoms with Gasteiger partial charge in [0.1, 0.15) is 17.7 Å². The van der Waals surface area contributed by atoms with E-state index in [4.69, 9.17) is 14.2 Å². The van der Waals surface area contributed by atoms with Gasteiger partial charge < -0.3 is 40.2 Å². The number of aliphatic hydroxyl groups is 1. The summed E-state index contributed by atoms with van der Waals surface area (Å²) in [6.45, 7) is 10.2. The van der Waals surface area contributed by atoms with Crippen LogP contribution in [0.2, 0.25) is 0 Å². The normalized spacial score (nSPS) is 18.4. The van der Waals surface area contributed by atoms with E-state index in [-0.39, 0.29) is 55.8 Å². The van der Waals surface area contributed by atoms with Crippen molar-refractivity contribution in [3.05, 3.63) is 94.9 Å². The fourth-order valence-electron chi connectivity index (χ4n) is 10.0. The standard InChI is InChI=1S/C55H70F4N10O8/c1-54(2,3)41(24-47(71)75-7)49(72)62-32-66(19-17-40-42(56)22-36(23-43(40)57)44-18-20-68(65-44)51(58)59)29-46(70)45(63-50(73)48(55(4,5)6)64-53(74)76-8)21-34-12-9-33(10-13-34)11-14-35-25-60-52(61-26-35)67-27-37-15-16-38(28-67)69(37)39-30-77-31-39/h9-10,12-13,18,20,22-23,25-26,37-39,41,45-46,48,51,70H,15-17,19,21,24,27-32H2,1-8H3,(H,62,72)(H,63,73)(H,64,74)/t37?,38?,41-,45+,46+,48-/m1/s1. The zero-order valence-corrected chi connectivity index (χ0v) is 44.8. The number of hydrogen-bond acceptors (Lipinski definition) is 14. The summed E-state index contributed by atoms with van der Waals surface area (Å²) >= 11 is 0. The molecule has 0 radical (unpaired) electrons. The van der Waals surface area contributed by atoms with Crippen LogP contribution in [-0.2, 0) is 41.4 Å². The molecule has 5 heterocycles. The number of fused-ring (bicyclic) bond motifs is 2. The molecule has 4 aromatic rings. The third-order valence-corrected chi connectivity index (χ3v) is 14.4.